The summed E-state index contributed by atoms with van der Waals surface area (Å²) >= 11 is 0. The molecule has 3 rings (SSSR count). The number of benzene rings is 1. The number of pyridine rings is 1. The van der Waals surface area contributed by atoms with Gasteiger partial charge >= 0.3 is 0 Å². The van der Waals surface area contributed by atoms with Crippen molar-refractivity contribution < 1.29 is 0 Å². The minimum atomic E-state index is 0.812. The smallest absolute Gasteiger partial charge is 0.0544 e. The van der Waals surface area contributed by atoms with Crippen LogP contribution < -0.4 is 0 Å². The fraction of sp³-hybridized carbons (Fsp3) is 0.200. The third-order valence-corrected chi connectivity index (χ3v) is 3.67. The second-order valence-corrected chi connectivity index (χ2v) is 5.59. The lowest BCUT2D eigenvalue weighted by Crippen LogP contribution is -2.25. The predicted molar refractivity (Wildman–Crippen MR) is 95.1 cm³/mol. The molecule has 0 N–H and O–H groups in total. The highest BCUT2D eigenvalue weighted by molar-refractivity contribution is 5.62. The van der Waals surface area contributed by atoms with Gasteiger partial charge in [0.2, 0.25) is 0 Å². The maximum atomic E-state index is 4.56. The molecule has 2 aromatic rings. The van der Waals surface area contributed by atoms with Crippen LogP contribution in [-0.4, -0.2) is 22.6 Å². The minimum absolute atomic E-state index is 0.812. The number of hydrogen-bond donors (Lipinski definition) is 0. The standard InChI is InChI=1S/C20H21N3/c1-3-9-18(10-4-1)15-23(17-20-12-6-8-14-22-20)16-19-11-5-2-7-13-21-19/h1-6,8-14H,7,15-17H2. The lowest BCUT2D eigenvalue weighted by molar-refractivity contribution is 0.275. The molecule has 1 aliphatic heterocycles. The first-order valence-corrected chi connectivity index (χ1v) is 7.94. The summed E-state index contributed by atoms with van der Waals surface area (Å²) in [6, 6.07) is 16.6. The molecule has 0 aliphatic carbocycles. The molecule has 1 aromatic carbocycles. The van der Waals surface area contributed by atoms with Gasteiger partial charge in [0.1, 0.15) is 0 Å². The highest BCUT2D eigenvalue weighted by Crippen LogP contribution is 2.12. The van der Waals surface area contributed by atoms with Crippen molar-refractivity contribution in [1.82, 2.24) is 9.88 Å². The van der Waals surface area contributed by atoms with Gasteiger partial charge in [0.15, 0.2) is 0 Å². The Labute approximate surface area is 137 Å². The first-order valence-electron chi connectivity index (χ1n) is 7.94. The Hall–Kier alpha value is -2.52. The average molecular weight is 303 g/mol. The Morgan fingerprint density at radius 2 is 1.78 bits per heavy atom. The molecule has 0 saturated carbocycles. The summed E-state index contributed by atoms with van der Waals surface area (Å²) < 4.78 is 0. The van der Waals surface area contributed by atoms with Crippen LogP contribution in [-0.2, 0) is 13.1 Å². The fourth-order valence-electron chi connectivity index (χ4n) is 2.58. The Morgan fingerprint density at radius 3 is 2.61 bits per heavy atom. The highest BCUT2D eigenvalue weighted by atomic mass is 15.1. The van der Waals surface area contributed by atoms with E-state index >= 15 is 0 Å². The number of nitrogens with zero attached hydrogens (tertiary/aromatic N) is 3. The Kier molecular flexibility index (Phi) is 5.48. The van der Waals surface area contributed by atoms with E-state index in [-0.39, 0.29) is 0 Å². The molecule has 116 valence electrons. The molecule has 23 heavy (non-hydrogen) atoms. The summed E-state index contributed by atoms with van der Waals surface area (Å²) in [5, 5.41) is 0. The quantitative estimate of drug-likeness (QED) is 0.807. The van der Waals surface area contributed by atoms with Crippen LogP contribution in [0.1, 0.15) is 17.7 Å². The summed E-state index contributed by atoms with van der Waals surface area (Å²) in [6.07, 6.45) is 11.0. The lowest BCUT2D eigenvalue weighted by atomic mass is 10.2. The maximum absolute atomic E-state index is 4.56. The number of rotatable bonds is 6. The molecule has 0 spiro atoms. The van der Waals surface area contributed by atoms with Crippen molar-refractivity contribution in [3.63, 3.8) is 0 Å². The van der Waals surface area contributed by atoms with E-state index in [1.807, 2.05) is 24.5 Å². The van der Waals surface area contributed by atoms with E-state index < -0.39 is 0 Å². The second kappa shape index (κ2) is 8.20. The Balaban J connectivity index is 1.75. The maximum Gasteiger partial charge on any atom is 0.0544 e. The van der Waals surface area contributed by atoms with Gasteiger partial charge in [-0.1, -0.05) is 48.6 Å². The van der Waals surface area contributed by atoms with Gasteiger partial charge in [0.25, 0.3) is 0 Å². The van der Waals surface area contributed by atoms with Gasteiger partial charge in [-0.3, -0.25) is 14.9 Å². The monoisotopic (exact) mass is 303 g/mol. The van der Waals surface area contributed by atoms with E-state index in [0.29, 0.717) is 0 Å². The van der Waals surface area contributed by atoms with Crippen molar-refractivity contribution in [2.45, 2.75) is 19.5 Å². The van der Waals surface area contributed by atoms with Gasteiger partial charge in [-0.05, 0) is 23.8 Å². The van der Waals surface area contributed by atoms with Gasteiger partial charge in [0, 0.05) is 38.5 Å². The van der Waals surface area contributed by atoms with Gasteiger partial charge in [0.05, 0.1) is 11.4 Å². The van der Waals surface area contributed by atoms with Gasteiger partial charge in [-0.2, -0.15) is 0 Å². The molecular weight excluding hydrogens is 282 g/mol. The van der Waals surface area contributed by atoms with Crippen molar-refractivity contribution in [1.29, 1.82) is 0 Å². The first-order chi connectivity index (χ1) is 11.4. The van der Waals surface area contributed by atoms with Crippen LogP contribution in [0.15, 0.2) is 83.6 Å². The number of hydrogen-bond acceptors (Lipinski definition) is 3. The zero-order valence-electron chi connectivity index (χ0n) is 13.2. The van der Waals surface area contributed by atoms with E-state index in [1.54, 1.807) is 0 Å². The van der Waals surface area contributed by atoms with Gasteiger partial charge < -0.3 is 0 Å². The Bertz CT molecular complexity index is 646. The van der Waals surface area contributed by atoms with Crippen LogP contribution in [0.3, 0.4) is 0 Å². The molecule has 1 aliphatic rings. The molecule has 0 bridgehead atoms. The molecule has 0 fully saturated rings. The van der Waals surface area contributed by atoms with Crippen molar-refractivity contribution in [2.24, 2.45) is 4.99 Å². The number of aromatic nitrogens is 1. The van der Waals surface area contributed by atoms with Crippen LogP contribution in [0, 0.1) is 0 Å². The molecule has 0 atom stereocenters. The van der Waals surface area contributed by atoms with E-state index in [1.165, 1.54) is 5.56 Å². The summed E-state index contributed by atoms with van der Waals surface area (Å²) in [5.74, 6) is 0. The number of aliphatic imine (C=N–C) groups is 1. The zero-order valence-corrected chi connectivity index (χ0v) is 13.2. The molecule has 0 saturated heterocycles. The van der Waals surface area contributed by atoms with Gasteiger partial charge in [-0.15, -0.1) is 0 Å². The molecule has 0 unspecified atom stereocenters. The van der Waals surface area contributed by atoms with Gasteiger partial charge in [-0.25, -0.2) is 0 Å². The highest BCUT2D eigenvalue weighted by Gasteiger charge is 2.10. The molecule has 0 radical (unpaired) electrons. The second-order valence-electron chi connectivity index (χ2n) is 5.59. The molecule has 1 aromatic heterocycles. The zero-order chi connectivity index (χ0) is 15.7. The average Bonchev–Trinajstić information content (AvgIpc) is 2.85. The van der Waals surface area contributed by atoms with Crippen LogP contribution in [0.2, 0.25) is 0 Å². The van der Waals surface area contributed by atoms with E-state index in [0.717, 1.165) is 37.4 Å². The predicted octanol–water partition coefficient (Wildman–Crippen LogP) is 4.00. The number of allylic oxidation sites excluding steroid dienone is 3. The largest absolute Gasteiger partial charge is 0.287 e. The molecule has 3 heteroatoms. The molecule has 0 amide bonds. The SMILES string of the molecule is C1=CCC=NC(CN(Cc2ccccc2)Cc2ccccn2)=C1. The van der Waals surface area contributed by atoms with E-state index in [2.05, 4.69) is 69.5 Å². The molecule has 3 nitrogen and oxygen atoms in total. The van der Waals surface area contributed by atoms with Crippen molar-refractivity contribution in [3.05, 3.63) is 89.9 Å². The summed E-state index contributed by atoms with van der Waals surface area (Å²) in [7, 11) is 0. The third kappa shape index (κ3) is 5.01. The molecule has 2 heterocycles. The van der Waals surface area contributed by atoms with Crippen LogP contribution in [0.4, 0.5) is 0 Å². The minimum Gasteiger partial charge on any atom is -0.287 e. The van der Waals surface area contributed by atoms with E-state index in [9.17, 15) is 0 Å². The molecular formula is C20H21N3. The topological polar surface area (TPSA) is 28.5 Å². The normalized spacial score (nSPS) is 13.9. The third-order valence-electron chi connectivity index (χ3n) is 3.67. The Morgan fingerprint density at radius 1 is 0.913 bits per heavy atom. The van der Waals surface area contributed by atoms with Crippen LogP contribution >= 0.6 is 0 Å². The van der Waals surface area contributed by atoms with Crippen molar-refractivity contribution >= 4 is 6.21 Å². The first kappa shape index (κ1) is 15.4. The summed E-state index contributed by atoms with van der Waals surface area (Å²) in [4.78, 5) is 11.4. The van der Waals surface area contributed by atoms with E-state index in [4.69, 9.17) is 0 Å². The fourth-order valence-corrected chi connectivity index (χ4v) is 2.58. The van der Waals surface area contributed by atoms with Crippen LogP contribution in [0.25, 0.3) is 0 Å². The summed E-state index contributed by atoms with van der Waals surface area (Å²) in [6.45, 7) is 2.51. The van der Waals surface area contributed by atoms with Crippen molar-refractivity contribution in [3.8, 4) is 0 Å². The van der Waals surface area contributed by atoms with Crippen LogP contribution in [0.5, 0.6) is 0 Å². The summed E-state index contributed by atoms with van der Waals surface area (Å²) in [5.41, 5.74) is 3.47. The lowest BCUT2D eigenvalue weighted by Gasteiger charge is -2.22. The van der Waals surface area contributed by atoms with Crippen molar-refractivity contribution in [2.75, 3.05) is 6.54 Å².